The van der Waals surface area contributed by atoms with Crippen LogP contribution in [0.5, 0.6) is 0 Å². The molecule has 1 unspecified atom stereocenters. The zero-order valence-corrected chi connectivity index (χ0v) is 13.5. The molecular formula is C13H17F7NO4+. The molecule has 0 heterocycles. The second-order valence-electron chi connectivity index (χ2n) is 5.85. The quantitative estimate of drug-likeness (QED) is 0.302. The van der Waals surface area contributed by atoms with Crippen molar-refractivity contribution in [3.05, 3.63) is 12.2 Å². The van der Waals surface area contributed by atoms with Gasteiger partial charge in [-0.2, -0.15) is 30.7 Å². The number of carboxylic acid groups (broad SMARTS) is 1. The number of likely N-dealkylation sites (N-methyl/N-ethyl adjacent to an activating group) is 1. The predicted molar refractivity (Wildman–Crippen MR) is 70.1 cm³/mol. The molecule has 1 atom stereocenters. The van der Waals surface area contributed by atoms with Gasteiger partial charge < -0.3 is 14.3 Å². The molecule has 0 aliphatic rings. The Hall–Kier alpha value is -1.85. The fraction of sp³-hybridized carbons (Fsp3) is 0.692. The highest BCUT2D eigenvalue weighted by molar-refractivity contribution is 5.86. The van der Waals surface area contributed by atoms with Gasteiger partial charge in [-0.05, 0) is 6.92 Å². The Bertz CT molecular complexity index is 543. The number of rotatable bonds is 8. The Labute approximate surface area is 138 Å². The van der Waals surface area contributed by atoms with E-state index in [9.17, 15) is 40.3 Å². The minimum Gasteiger partial charge on any atom is -0.477 e. The Kier molecular flexibility index (Phi) is 6.65. The molecule has 0 bridgehead atoms. The second kappa shape index (κ2) is 7.18. The second-order valence-corrected chi connectivity index (χ2v) is 5.85. The molecule has 0 radical (unpaired) electrons. The van der Waals surface area contributed by atoms with Crippen molar-refractivity contribution in [2.24, 2.45) is 0 Å². The molecule has 0 amide bonds. The maximum atomic E-state index is 13.8. The first-order chi connectivity index (χ1) is 10.9. The summed E-state index contributed by atoms with van der Waals surface area (Å²) in [6.07, 6.45) is -6.66. The topological polar surface area (TPSA) is 63.6 Å². The van der Waals surface area contributed by atoms with E-state index < -0.39 is 53.6 Å². The predicted octanol–water partition coefficient (Wildman–Crippen LogP) is 2.47. The highest BCUT2D eigenvalue weighted by Gasteiger charge is 2.79. The fourth-order valence-electron chi connectivity index (χ4n) is 1.88. The lowest BCUT2D eigenvalue weighted by Crippen LogP contribution is -2.69. The summed E-state index contributed by atoms with van der Waals surface area (Å²) in [5.41, 5.74) is -0.0750. The Morgan fingerprint density at radius 1 is 1.12 bits per heavy atom. The number of carboxylic acids is 1. The largest absolute Gasteiger partial charge is 0.477 e. The SMILES string of the molecule is C=C(C)C(=O)OCC[N+](C)(C)C(C(=O)O)C(F)(F)C(F)(F)C(F)(F)F. The van der Waals surface area contributed by atoms with E-state index in [0.29, 0.717) is 14.1 Å². The number of aliphatic carboxylic acids is 1. The lowest BCUT2D eigenvalue weighted by Gasteiger charge is -2.41. The minimum absolute atomic E-state index is 0.0750. The molecule has 146 valence electrons. The smallest absolute Gasteiger partial charge is 0.460 e. The van der Waals surface area contributed by atoms with Gasteiger partial charge in [0.1, 0.15) is 13.2 Å². The van der Waals surface area contributed by atoms with Crippen LogP contribution in [0.1, 0.15) is 6.92 Å². The Morgan fingerprint density at radius 2 is 1.56 bits per heavy atom. The van der Waals surface area contributed by atoms with Gasteiger partial charge in [-0.1, -0.05) is 6.58 Å². The van der Waals surface area contributed by atoms with Crippen LogP contribution in [0.4, 0.5) is 30.7 Å². The molecule has 5 nitrogen and oxygen atoms in total. The van der Waals surface area contributed by atoms with Gasteiger partial charge in [0.15, 0.2) is 0 Å². The molecule has 0 aromatic heterocycles. The average molecular weight is 384 g/mol. The van der Waals surface area contributed by atoms with Gasteiger partial charge in [0.25, 0.3) is 6.04 Å². The molecule has 25 heavy (non-hydrogen) atoms. The van der Waals surface area contributed by atoms with Gasteiger partial charge in [-0.25, -0.2) is 9.59 Å². The maximum absolute atomic E-state index is 13.8. The first-order valence-corrected chi connectivity index (χ1v) is 6.60. The van der Waals surface area contributed by atoms with Crippen LogP contribution in [0.2, 0.25) is 0 Å². The van der Waals surface area contributed by atoms with E-state index in [4.69, 9.17) is 5.11 Å². The molecule has 0 aromatic carbocycles. The van der Waals surface area contributed by atoms with Crippen LogP contribution >= 0.6 is 0 Å². The first kappa shape index (κ1) is 23.1. The van der Waals surface area contributed by atoms with E-state index in [-0.39, 0.29) is 5.57 Å². The van der Waals surface area contributed by atoms with Crippen molar-refractivity contribution in [2.45, 2.75) is 31.0 Å². The highest BCUT2D eigenvalue weighted by atomic mass is 19.4. The lowest BCUT2D eigenvalue weighted by molar-refractivity contribution is -0.917. The number of quaternary nitrogens is 1. The molecular weight excluding hydrogens is 367 g/mol. The van der Waals surface area contributed by atoms with Crippen LogP contribution < -0.4 is 0 Å². The third kappa shape index (κ3) is 4.83. The van der Waals surface area contributed by atoms with Crippen molar-refractivity contribution >= 4 is 11.9 Å². The monoisotopic (exact) mass is 384 g/mol. The van der Waals surface area contributed by atoms with Gasteiger partial charge in [0.05, 0.1) is 14.1 Å². The van der Waals surface area contributed by atoms with Gasteiger partial charge in [0.2, 0.25) is 0 Å². The summed E-state index contributed by atoms with van der Waals surface area (Å²) in [4.78, 5) is 22.2. The normalized spacial score (nSPS) is 14.8. The van der Waals surface area contributed by atoms with Crippen molar-refractivity contribution in [2.75, 3.05) is 27.2 Å². The summed E-state index contributed by atoms with van der Waals surface area (Å²) in [5, 5.41) is 8.85. The van der Waals surface area contributed by atoms with E-state index in [1.807, 2.05) is 0 Å². The average Bonchev–Trinajstić information content (AvgIpc) is 2.34. The van der Waals surface area contributed by atoms with Crippen molar-refractivity contribution in [1.82, 2.24) is 0 Å². The Morgan fingerprint density at radius 3 is 1.88 bits per heavy atom. The molecule has 0 rings (SSSR count). The first-order valence-electron chi connectivity index (χ1n) is 6.60. The Balaban J connectivity index is 5.62. The van der Waals surface area contributed by atoms with Gasteiger partial charge in [-0.15, -0.1) is 0 Å². The summed E-state index contributed by atoms with van der Waals surface area (Å²) in [6, 6.07) is -3.45. The van der Waals surface area contributed by atoms with E-state index in [1.54, 1.807) is 0 Å². The van der Waals surface area contributed by atoms with E-state index in [2.05, 4.69) is 11.3 Å². The molecule has 12 heteroatoms. The standard InChI is InChI=1S/C13H16F7NO4/c1-7(2)10(24)25-6-5-21(3,4)8(9(22)23)11(14,15)12(16,17)13(18,19)20/h8H,1,5-6H2,2-4H3/p+1. The maximum Gasteiger partial charge on any atom is 0.460 e. The van der Waals surface area contributed by atoms with Crippen molar-refractivity contribution in [3.8, 4) is 0 Å². The lowest BCUT2D eigenvalue weighted by atomic mass is 9.99. The number of halogens is 7. The number of esters is 1. The zero-order valence-electron chi connectivity index (χ0n) is 13.5. The number of alkyl halides is 7. The summed E-state index contributed by atoms with van der Waals surface area (Å²) in [6.45, 7) is 3.00. The van der Waals surface area contributed by atoms with Crippen LogP contribution in [0, 0.1) is 0 Å². The number of hydrogen-bond donors (Lipinski definition) is 1. The summed E-state index contributed by atoms with van der Waals surface area (Å²) >= 11 is 0. The number of hydrogen-bond acceptors (Lipinski definition) is 3. The van der Waals surface area contributed by atoms with E-state index in [1.165, 1.54) is 6.92 Å². The number of carbonyl (C=O) groups is 2. The summed E-state index contributed by atoms with van der Waals surface area (Å²) in [7, 11) is 1.40. The van der Waals surface area contributed by atoms with Crippen molar-refractivity contribution in [1.29, 1.82) is 0 Å². The molecule has 0 saturated carbocycles. The molecule has 1 N–H and O–H groups in total. The number of nitrogens with zero attached hydrogens (tertiary/aromatic N) is 1. The van der Waals surface area contributed by atoms with E-state index in [0.717, 1.165) is 0 Å². The van der Waals surface area contributed by atoms with Crippen LogP contribution in [-0.2, 0) is 14.3 Å². The third-order valence-electron chi connectivity index (χ3n) is 3.30. The highest BCUT2D eigenvalue weighted by Crippen LogP contribution is 2.49. The molecule has 0 spiro atoms. The van der Waals surface area contributed by atoms with Crippen LogP contribution in [0.25, 0.3) is 0 Å². The molecule has 0 aromatic rings. The van der Waals surface area contributed by atoms with Gasteiger partial charge in [-0.3, -0.25) is 0 Å². The summed E-state index contributed by atoms with van der Waals surface area (Å²) < 4.78 is 93.9. The van der Waals surface area contributed by atoms with Crippen molar-refractivity contribution < 1.29 is 54.6 Å². The molecule has 0 saturated heterocycles. The van der Waals surface area contributed by atoms with Crippen molar-refractivity contribution in [3.63, 3.8) is 0 Å². The van der Waals surface area contributed by atoms with E-state index >= 15 is 0 Å². The summed E-state index contributed by atoms with van der Waals surface area (Å²) in [5.74, 6) is -16.1. The molecule has 0 fully saturated rings. The van der Waals surface area contributed by atoms with Crippen LogP contribution in [-0.4, -0.2) is 72.8 Å². The number of ether oxygens (including phenoxy) is 1. The van der Waals surface area contributed by atoms with Crippen LogP contribution in [0.15, 0.2) is 12.2 Å². The molecule has 0 aliphatic carbocycles. The van der Waals surface area contributed by atoms with Crippen LogP contribution in [0.3, 0.4) is 0 Å². The zero-order chi connectivity index (χ0) is 20.4. The van der Waals surface area contributed by atoms with Gasteiger partial charge in [0, 0.05) is 5.57 Å². The number of carbonyl (C=O) groups excluding carboxylic acids is 1. The third-order valence-corrected chi connectivity index (χ3v) is 3.30. The van der Waals surface area contributed by atoms with Gasteiger partial charge >= 0.3 is 30.0 Å². The fourth-order valence-corrected chi connectivity index (χ4v) is 1.88. The molecule has 0 aliphatic heterocycles. The minimum atomic E-state index is -6.66.